The molecule has 13 heteroatoms. The molecule has 2 rings (SSSR count). The third kappa shape index (κ3) is 26.4. The highest BCUT2D eigenvalue weighted by Crippen LogP contribution is 2.31. The molecule has 2 saturated heterocycles. The number of aliphatic hydroxyl groups excluding tert-OH is 7. The van der Waals surface area contributed by atoms with E-state index < -0.39 is 80.7 Å². The number of rotatable bonds is 40. The summed E-state index contributed by atoms with van der Waals surface area (Å²) in [7, 11) is 0. The van der Waals surface area contributed by atoms with Gasteiger partial charge in [0.05, 0.1) is 26.4 Å². The Morgan fingerprint density at radius 1 is 0.397 bits per heavy atom. The average molecular weight is 977 g/mol. The van der Waals surface area contributed by atoms with Gasteiger partial charge in [0, 0.05) is 13.2 Å². The molecule has 7 N–H and O–H groups in total. The largest absolute Gasteiger partial charge is 0.394 e. The smallest absolute Gasteiger partial charge is 0.187 e. The molecule has 17 atom stereocenters. The Balaban J connectivity index is 1.93. The quantitative estimate of drug-likeness (QED) is 0.0288. The van der Waals surface area contributed by atoms with Crippen LogP contribution in [0.2, 0.25) is 0 Å². The van der Waals surface area contributed by atoms with Gasteiger partial charge in [-0.15, -0.1) is 0 Å². The SMILES string of the molecule is CC(C)CCC[C@@H](C)CCC[C@H](C)CCC[C@H](C)CCOC[C@@H](CO[C@H]1O[C@H](CO)[C@@H](O)[C@H](O)[C@@H]1O[C@@H]1O[C@H](CO)[C@@H](O)[C@H](O)[C@@H]1O)OCC[C@@H](C)CCC[C@@H](C)CCC[C@H](C)CCCC(C)C. The molecule has 0 unspecified atom stereocenters. The normalized spacial score (nSPS) is 29.0. The van der Waals surface area contributed by atoms with Gasteiger partial charge in [-0.1, -0.05) is 185 Å². The van der Waals surface area contributed by atoms with E-state index in [9.17, 15) is 35.7 Å². The Kier molecular flexibility index (Phi) is 34.1. The standard InChI is InChI=1S/C55H108O13/c1-37(2)17-11-19-39(5)21-13-23-41(7)25-15-27-43(9)29-31-63-35-45(64-32-30-44(10)28-16-26-42(8)24-14-22-40(6)20-12-18-38(3)4)36-65-55-53(51(61)49(59)47(34-57)67-55)68-54-52(62)50(60)48(58)46(33-56)66-54/h37-62H,11-36H2,1-10H3/t39-,40-,41+,42+,43+,44+,45+,46-,47-,48-,49-,50+,51+,52+,53+,54+,55+/m1/s1. The molecule has 406 valence electrons. The van der Waals surface area contributed by atoms with Crippen LogP contribution in [0, 0.1) is 47.3 Å². The minimum absolute atomic E-state index is 0.0351. The van der Waals surface area contributed by atoms with Crippen LogP contribution in [-0.2, 0) is 28.4 Å². The van der Waals surface area contributed by atoms with Gasteiger partial charge in [-0.3, -0.25) is 0 Å². The summed E-state index contributed by atoms with van der Waals surface area (Å²) in [4.78, 5) is 0. The van der Waals surface area contributed by atoms with E-state index in [1.165, 1.54) is 103 Å². The summed E-state index contributed by atoms with van der Waals surface area (Å²) in [5, 5.41) is 73.0. The fourth-order valence-electron chi connectivity index (χ4n) is 9.83. The van der Waals surface area contributed by atoms with Crippen molar-refractivity contribution in [3.05, 3.63) is 0 Å². The minimum Gasteiger partial charge on any atom is -0.394 e. The molecule has 0 aromatic carbocycles. The van der Waals surface area contributed by atoms with Crippen LogP contribution in [0.3, 0.4) is 0 Å². The Hall–Kier alpha value is -0.520. The first-order valence-corrected chi connectivity index (χ1v) is 27.8. The second-order valence-electron chi connectivity index (χ2n) is 23.0. The van der Waals surface area contributed by atoms with E-state index in [1.807, 2.05) is 0 Å². The summed E-state index contributed by atoms with van der Waals surface area (Å²) in [6.07, 6.45) is 9.16. The van der Waals surface area contributed by atoms with Crippen molar-refractivity contribution in [2.75, 3.05) is 39.6 Å². The van der Waals surface area contributed by atoms with Crippen LogP contribution in [0.5, 0.6) is 0 Å². The summed E-state index contributed by atoms with van der Waals surface area (Å²) in [5.74, 6) is 5.67. The van der Waals surface area contributed by atoms with E-state index in [0.29, 0.717) is 25.0 Å². The van der Waals surface area contributed by atoms with Crippen molar-refractivity contribution in [2.24, 2.45) is 47.3 Å². The van der Waals surface area contributed by atoms with Crippen LogP contribution in [0.1, 0.15) is 198 Å². The van der Waals surface area contributed by atoms with Crippen LogP contribution in [0.15, 0.2) is 0 Å². The second kappa shape index (κ2) is 36.4. The monoisotopic (exact) mass is 977 g/mol. The van der Waals surface area contributed by atoms with Crippen molar-refractivity contribution in [1.82, 2.24) is 0 Å². The zero-order valence-corrected chi connectivity index (χ0v) is 44.9. The van der Waals surface area contributed by atoms with Gasteiger partial charge in [-0.25, -0.2) is 0 Å². The summed E-state index contributed by atoms with van der Waals surface area (Å²) >= 11 is 0. The number of hydrogen-bond acceptors (Lipinski definition) is 13. The van der Waals surface area contributed by atoms with Crippen molar-refractivity contribution in [1.29, 1.82) is 0 Å². The lowest BCUT2D eigenvalue weighted by atomic mass is 9.91. The minimum atomic E-state index is -1.75. The first kappa shape index (κ1) is 63.6. The predicted octanol–water partition coefficient (Wildman–Crippen LogP) is 8.96. The molecule has 0 bridgehead atoms. The molecule has 0 aromatic rings. The van der Waals surface area contributed by atoms with Crippen molar-refractivity contribution in [3.8, 4) is 0 Å². The van der Waals surface area contributed by atoms with Crippen LogP contribution in [0.25, 0.3) is 0 Å². The van der Waals surface area contributed by atoms with Gasteiger partial charge in [-0.05, 0) is 60.2 Å². The van der Waals surface area contributed by atoms with Crippen LogP contribution in [0.4, 0.5) is 0 Å². The van der Waals surface area contributed by atoms with E-state index in [4.69, 9.17) is 28.4 Å². The Morgan fingerprint density at radius 2 is 0.765 bits per heavy atom. The molecule has 0 aromatic heterocycles. The molecule has 2 aliphatic rings. The highest BCUT2D eigenvalue weighted by molar-refractivity contribution is 4.94. The molecule has 0 amide bonds. The average Bonchev–Trinajstić information content (AvgIpc) is 3.28. The zero-order valence-electron chi connectivity index (χ0n) is 44.9. The molecular weight excluding hydrogens is 869 g/mol. The van der Waals surface area contributed by atoms with E-state index >= 15 is 0 Å². The highest BCUT2D eigenvalue weighted by Gasteiger charge is 2.51. The Bertz CT molecular complexity index is 1190. The van der Waals surface area contributed by atoms with Crippen molar-refractivity contribution < 1.29 is 64.2 Å². The molecule has 13 nitrogen and oxygen atoms in total. The van der Waals surface area contributed by atoms with Gasteiger partial charge in [-0.2, -0.15) is 0 Å². The van der Waals surface area contributed by atoms with Gasteiger partial charge in [0.2, 0.25) is 0 Å². The van der Waals surface area contributed by atoms with Crippen LogP contribution in [-0.4, -0.2) is 143 Å². The number of ether oxygens (including phenoxy) is 6. The van der Waals surface area contributed by atoms with Gasteiger partial charge in [0.1, 0.15) is 54.9 Å². The summed E-state index contributed by atoms with van der Waals surface area (Å²) in [5.41, 5.74) is 0. The molecule has 2 heterocycles. The van der Waals surface area contributed by atoms with Gasteiger partial charge in [0.25, 0.3) is 0 Å². The molecule has 0 saturated carbocycles. The fourth-order valence-corrected chi connectivity index (χ4v) is 9.83. The van der Waals surface area contributed by atoms with Crippen LogP contribution < -0.4 is 0 Å². The molecule has 0 radical (unpaired) electrons. The van der Waals surface area contributed by atoms with E-state index in [2.05, 4.69) is 69.2 Å². The lowest BCUT2D eigenvalue weighted by molar-refractivity contribution is -0.369. The Morgan fingerprint density at radius 3 is 1.18 bits per heavy atom. The second-order valence-corrected chi connectivity index (χ2v) is 23.0. The maximum atomic E-state index is 11.2. The van der Waals surface area contributed by atoms with E-state index in [0.717, 1.165) is 61.2 Å². The summed E-state index contributed by atoms with van der Waals surface area (Å²) in [6.45, 7) is 23.4. The van der Waals surface area contributed by atoms with Crippen LogP contribution >= 0.6 is 0 Å². The molecule has 2 fully saturated rings. The van der Waals surface area contributed by atoms with Gasteiger partial charge in [0.15, 0.2) is 12.6 Å². The van der Waals surface area contributed by atoms with Crippen molar-refractivity contribution >= 4 is 0 Å². The van der Waals surface area contributed by atoms with Crippen molar-refractivity contribution in [3.63, 3.8) is 0 Å². The summed E-state index contributed by atoms with van der Waals surface area (Å²) in [6, 6.07) is 0. The molecular formula is C55H108O13. The van der Waals surface area contributed by atoms with Gasteiger partial charge >= 0.3 is 0 Å². The van der Waals surface area contributed by atoms with Crippen molar-refractivity contribution in [2.45, 2.75) is 265 Å². The fraction of sp³-hybridized carbons (Fsp3) is 1.00. The highest BCUT2D eigenvalue weighted by atomic mass is 16.8. The lowest BCUT2D eigenvalue weighted by Crippen LogP contribution is -2.64. The third-order valence-corrected chi connectivity index (χ3v) is 15.0. The maximum Gasteiger partial charge on any atom is 0.187 e. The van der Waals surface area contributed by atoms with Gasteiger partial charge < -0.3 is 64.2 Å². The summed E-state index contributed by atoms with van der Waals surface area (Å²) < 4.78 is 36.2. The molecule has 0 spiro atoms. The lowest BCUT2D eigenvalue weighted by Gasteiger charge is -2.46. The Labute approximate surface area is 415 Å². The molecule has 0 aliphatic carbocycles. The zero-order chi connectivity index (χ0) is 50.6. The molecule has 68 heavy (non-hydrogen) atoms. The first-order chi connectivity index (χ1) is 32.4. The number of aliphatic hydroxyl groups is 7. The predicted molar refractivity (Wildman–Crippen MR) is 270 cm³/mol. The third-order valence-electron chi connectivity index (χ3n) is 15.0. The number of hydrogen-bond donors (Lipinski definition) is 7. The molecule has 2 aliphatic heterocycles. The topological polar surface area (TPSA) is 197 Å². The van der Waals surface area contributed by atoms with E-state index in [1.54, 1.807) is 0 Å². The first-order valence-electron chi connectivity index (χ1n) is 27.8. The van der Waals surface area contributed by atoms with E-state index in [-0.39, 0.29) is 13.2 Å². The maximum absolute atomic E-state index is 11.2.